The van der Waals surface area contributed by atoms with Crippen LogP contribution >= 0.6 is 11.3 Å². The molecule has 0 aliphatic rings. The molecule has 1 aromatic rings. The van der Waals surface area contributed by atoms with Gasteiger partial charge in [-0.05, 0) is 20.9 Å². The zero-order valence-corrected chi connectivity index (χ0v) is 8.33. The fraction of sp³-hybridized carbons (Fsp3) is 0.625. The van der Waals surface area contributed by atoms with Crippen molar-refractivity contribution in [3.63, 3.8) is 0 Å². The van der Waals surface area contributed by atoms with Crippen LogP contribution in [0.25, 0.3) is 0 Å². The van der Waals surface area contributed by atoms with Gasteiger partial charge in [-0.15, -0.1) is 11.3 Å². The van der Waals surface area contributed by atoms with Gasteiger partial charge in [-0.3, -0.25) is 0 Å². The van der Waals surface area contributed by atoms with Gasteiger partial charge >= 0.3 is 0 Å². The molecule has 0 saturated carbocycles. The highest BCUT2D eigenvalue weighted by molar-refractivity contribution is 7.11. The van der Waals surface area contributed by atoms with E-state index in [1.165, 1.54) is 25.2 Å². The monoisotopic (exact) mass is 188 g/mol. The first-order chi connectivity index (χ1) is 5.54. The van der Waals surface area contributed by atoms with E-state index in [2.05, 4.69) is 10.3 Å². The van der Waals surface area contributed by atoms with Gasteiger partial charge in [0.2, 0.25) is 0 Å². The molecule has 0 aliphatic heterocycles. The van der Waals surface area contributed by atoms with Gasteiger partial charge in [0.1, 0.15) is 5.01 Å². The van der Waals surface area contributed by atoms with Gasteiger partial charge in [-0.2, -0.15) is 0 Å². The summed E-state index contributed by atoms with van der Waals surface area (Å²) in [5, 5.41) is 3.55. The quantitative estimate of drug-likeness (QED) is 0.785. The molecule has 1 aromatic heterocycles. The number of rotatable bonds is 3. The molecule has 4 heteroatoms. The minimum Gasteiger partial charge on any atom is -0.315 e. The van der Waals surface area contributed by atoms with E-state index in [1.54, 1.807) is 6.20 Å². The van der Waals surface area contributed by atoms with Crippen molar-refractivity contribution in [1.29, 1.82) is 0 Å². The maximum absolute atomic E-state index is 13.3. The zero-order valence-electron chi connectivity index (χ0n) is 7.52. The summed E-state index contributed by atoms with van der Waals surface area (Å²) in [6.07, 6.45) is 1.72. The van der Waals surface area contributed by atoms with Crippen LogP contribution in [0, 0.1) is 0 Å². The molecular weight excluding hydrogens is 175 g/mol. The number of nitrogens with one attached hydrogen (secondary N) is 1. The van der Waals surface area contributed by atoms with Crippen molar-refractivity contribution in [3.05, 3.63) is 16.1 Å². The lowest BCUT2D eigenvalue weighted by molar-refractivity contribution is 0.220. The van der Waals surface area contributed by atoms with Gasteiger partial charge in [0.15, 0.2) is 5.67 Å². The predicted octanol–water partition coefficient (Wildman–Crippen LogP) is 2.07. The van der Waals surface area contributed by atoms with Crippen LogP contribution in [-0.4, -0.2) is 12.0 Å². The molecule has 1 N–H and O–H groups in total. The average molecular weight is 188 g/mol. The molecule has 0 aromatic carbocycles. The molecule has 0 aliphatic carbocycles. The van der Waals surface area contributed by atoms with E-state index in [-0.39, 0.29) is 0 Å². The summed E-state index contributed by atoms with van der Waals surface area (Å²) in [5.74, 6) is 0. The van der Waals surface area contributed by atoms with Crippen molar-refractivity contribution in [1.82, 2.24) is 10.3 Å². The van der Waals surface area contributed by atoms with Gasteiger partial charge in [0, 0.05) is 17.6 Å². The second-order valence-electron chi connectivity index (χ2n) is 3.13. The summed E-state index contributed by atoms with van der Waals surface area (Å²) in [5.41, 5.74) is -1.31. The van der Waals surface area contributed by atoms with Gasteiger partial charge in [-0.25, -0.2) is 9.37 Å². The minimum atomic E-state index is -1.31. The largest absolute Gasteiger partial charge is 0.315 e. The number of halogens is 1. The molecule has 1 heterocycles. The Balaban J connectivity index is 2.77. The van der Waals surface area contributed by atoms with Crippen LogP contribution in [0.1, 0.15) is 23.7 Å². The lowest BCUT2D eigenvalue weighted by Crippen LogP contribution is -2.07. The molecule has 0 atom stereocenters. The van der Waals surface area contributed by atoms with E-state index >= 15 is 0 Å². The molecule has 0 saturated heterocycles. The number of hydrogen-bond donors (Lipinski definition) is 1. The topological polar surface area (TPSA) is 24.9 Å². The molecule has 1 rings (SSSR count). The number of nitrogens with zero attached hydrogens (tertiary/aromatic N) is 1. The van der Waals surface area contributed by atoms with Crippen molar-refractivity contribution < 1.29 is 4.39 Å². The van der Waals surface area contributed by atoms with Gasteiger partial charge in [-0.1, -0.05) is 0 Å². The third-order valence-electron chi connectivity index (χ3n) is 1.41. The standard InChI is InChI=1S/C8H13FN2S/c1-8(2,9)7-11-5-6(12-7)4-10-3/h5,10H,4H2,1-3H3. The van der Waals surface area contributed by atoms with E-state index < -0.39 is 5.67 Å². The molecule has 0 spiro atoms. The second kappa shape index (κ2) is 3.49. The summed E-state index contributed by atoms with van der Waals surface area (Å²) < 4.78 is 13.3. The first-order valence-electron chi connectivity index (χ1n) is 3.82. The smallest absolute Gasteiger partial charge is 0.156 e. The summed E-state index contributed by atoms with van der Waals surface area (Å²) in [7, 11) is 1.86. The third-order valence-corrected chi connectivity index (χ3v) is 2.71. The highest BCUT2D eigenvalue weighted by Crippen LogP contribution is 2.28. The van der Waals surface area contributed by atoms with E-state index in [1.807, 2.05) is 7.05 Å². The molecule has 12 heavy (non-hydrogen) atoms. The minimum absolute atomic E-state index is 0.549. The Morgan fingerprint density at radius 2 is 2.33 bits per heavy atom. The first kappa shape index (κ1) is 9.61. The second-order valence-corrected chi connectivity index (χ2v) is 4.25. The number of aromatic nitrogens is 1. The fourth-order valence-corrected chi connectivity index (χ4v) is 1.76. The lowest BCUT2D eigenvalue weighted by atomic mass is 10.2. The van der Waals surface area contributed by atoms with E-state index in [9.17, 15) is 4.39 Å². The van der Waals surface area contributed by atoms with Gasteiger partial charge in [0.25, 0.3) is 0 Å². The molecule has 0 unspecified atom stereocenters. The van der Waals surface area contributed by atoms with Crippen LogP contribution in [0.15, 0.2) is 6.20 Å². The van der Waals surface area contributed by atoms with Crippen LogP contribution in [-0.2, 0) is 12.2 Å². The summed E-state index contributed by atoms with van der Waals surface area (Å²) >= 11 is 1.42. The SMILES string of the molecule is CNCc1cnc(C(C)(C)F)s1. The normalized spacial score (nSPS) is 12.0. The first-order valence-corrected chi connectivity index (χ1v) is 4.64. The lowest BCUT2D eigenvalue weighted by Gasteiger charge is -2.08. The summed E-state index contributed by atoms with van der Waals surface area (Å²) in [6, 6.07) is 0. The van der Waals surface area contributed by atoms with Crippen LogP contribution in [0.4, 0.5) is 4.39 Å². The van der Waals surface area contributed by atoms with Crippen molar-refractivity contribution in [3.8, 4) is 0 Å². The van der Waals surface area contributed by atoms with Gasteiger partial charge in [0.05, 0.1) is 0 Å². The maximum Gasteiger partial charge on any atom is 0.156 e. The van der Waals surface area contributed by atoms with Crippen LogP contribution in [0.2, 0.25) is 0 Å². The Kier molecular flexibility index (Phi) is 2.80. The van der Waals surface area contributed by atoms with Crippen molar-refractivity contribution in [2.45, 2.75) is 26.1 Å². The average Bonchev–Trinajstić information content (AvgIpc) is 2.35. The number of thiazole rings is 1. The molecule has 0 bridgehead atoms. The molecule has 2 nitrogen and oxygen atoms in total. The van der Waals surface area contributed by atoms with Crippen LogP contribution < -0.4 is 5.32 Å². The zero-order chi connectivity index (χ0) is 9.19. The molecule has 0 radical (unpaired) electrons. The van der Waals surface area contributed by atoms with Crippen LogP contribution in [0.3, 0.4) is 0 Å². The van der Waals surface area contributed by atoms with E-state index in [0.29, 0.717) is 5.01 Å². The Hall–Kier alpha value is -0.480. The van der Waals surface area contributed by atoms with Crippen molar-refractivity contribution in [2.75, 3.05) is 7.05 Å². The number of hydrogen-bond acceptors (Lipinski definition) is 3. The summed E-state index contributed by atoms with van der Waals surface area (Å²) in [4.78, 5) is 5.08. The van der Waals surface area contributed by atoms with Crippen molar-refractivity contribution >= 4 is 11.3 Å². The maximum atomic E-state index is 13.3. The highest BCUT2D eigenvalue weighted by atomic mass is 32.1. The molecule has 0 amide bonds. The van der Waals surface area contributed by atoms with E-state index in [0.717, 1.165) is 11.4 Å². The van der Waals surface area contributed by atoms with Crippen molar-refractivity contribution in [2.24, 2.45) is 0 Å². The van der Waals surface area contributed by atoms with Gasteiger partial charge < -0.3 is 5.32 Å². The van der Waals surface area contributed by atoms with Crippen LogP contribution in [0.5, 0.6) is 0 Å². The molecule has 68 valence electrons. The van der Waals surface area contributed by atoms with E-state index in [4.69, 9.17) is 0 Å². The Morgan fingerprint density at radius 3 is 2.75 bits per heavy atom. The number of alkyl halides is 1. The highest BCUT2D eigenvalue weighted by Gasteiger charge is 2.22. The molecule has 0 fully saturated rings. The fourth-order valence-electron chi connectivity index (χ4n) is 0.838. The third kappa shape index (κ3) is 2.25. The molecular formula is C8H13FN2S. The Morgan fingerprint density at radius 1 is 1.67 bits per heavy atom. The Labute approximate surface area is 75.8 Å². The summed E-state index contributed by atoms with van der Waals surface area (Å²) in [6.45, 7) is 3.80. The Bertz CT molecular complexity index is 252. The predicted molar refractivity (Wildman–Crippen MR) is 49.0 cm³/mol.